The Morgan fingerprint density at radius 1 is 1.40 bits per heavy atom. The second-order valence-electron chi connectivity index (χ2n) is 3.45. The summed E-state index contributed by atoms with van der Waals surface area (Å²) in [6.45, 7) is 3.95. The molecule has 86 valence electrons. The van der Waals surface area contributed by atoms with E-state index in [1.807, 2.05) is 6.08 Å². The molecule has 0 bridgehead atoms. The Kier molecular flexibility index (Phi) is 10.7. The summed E-state index contributed by atoms with van der Waals surface area (Å²) in [6, 6.07) is 0. The number of aliphatic hydroxyl groups is 1. The van der Waals surface area contributed by atoms with Crippen molar-refractivity contribution in [3.8, 4) is 11.8 Å². The molecule has 1 atom stereocenters. The summed E-state index contributed by atoms with van der Waals surface area (Å²) in [7, 11) is 1.69. The predicted molar refractivity (Wildman–Crippen MR) is 63.6 cm³/mol. The van der Waals surface area contributed by atoms with Gasteiger partial charge in [0, 0.05) is 20.1 Å². The molecule has 0 saturated carbocycles. The van der Waals surface area contributed by atoms with E-state index in [0.717, 1.165) is 38.5 Å². The van der Waals surface area contributed by atoms with Gasteiger partial charge in [-0.2, -0.15) is 0 Å². The van der Waals surface area contributed by atoms with Crippen molar-refractivity contribution in [2.75, 3.05) is 13.7 Å². The molecule has 0 aromatic carbocycles. The van der Waals surface area contributed by atoms with Gasteiger partial charge in [0.15, 0.2) is 0 Å². The molecule has 0 heterocycles. The Labute approximate surface area is 93.3 Å². The van der Waals surface area contributed by atoms with E-state index in [4.69, 9.17) is 9.84 Å². The van der Waals surface area contributed by atoms with Gasteiger partial charge in [0.25, 0.3) is 0 Å². The van der Waals surface area contributed by atoms with Crippen molar-refractivity contribution in [2.24, 2.45) is 0 Å². The summed E-state index contributed by atoms with van der Waals surface area (Å²) in [4.78, 5) is 0. The molecule has 0 rings (SSSR count). The second-order valence-corrected chi connectivity index (χ2v) is 3.45. The van der Waals surface area contributed by atoms with Gasteiger partial charge in [0.2, 0.25) is 0 Å². The van der Waals surface area contributed by atoms with Crippen LogP contribution in [0.15, 0.2) is 12.7 Å². The van der Waals surface area contributed by atoms with Crippen LogP contribution in [0.2, 0.25) is 0 Å². The lowest BCUT2D eigenvalue weighted by molar-refractivity contribution is 0.142. The second kappa shape index (κ2) is 11.3. The molecule has 0 aliphatic rings. The summed E-state index contributed by atoms with van der Waals surface area (Å²) >= 11 is 0. The zero-order valence-corrected chi connectivity index (χ0v) is 9.67. The molecule has 0 aromatic rings. The SMILES string of the molecule is C=CCCC(C#CCCCCCO)OC. The Balaban J connectivity index is 3.56. The van der Waals surface area contributed by atoms with Crippen LogP contribution in [0.4, 0.5) is 0 Å². The third-order valence-electron chi connectivity index (χ3n) is 2.14. The number of rotatable bonds is 8. The first kappa shape index (κ1) is 14.2. The summed E-state index contributed by atoms with van der Waals surface area (Å²) < 4.78 is 5.22. The van der Waals surface area contributed by atoms with Crippen LogP contribution in [-0.2, 0) is 4.74 Å². The Morgan fingerprint density at radius 3 is 2.80 bits per heavy atom. The average molecular weight is 210 g/mol. The highest BCUT2D eigenvalue weighted by molar-refractivity contribution is 5.05. The Hall–Kier alpha value is -0.780. The van der Waals surface area contributed by atoms with Crippen molar-refractivity contribution in [1.82, 2.24) is 0 Å². The standard InChI is InChI=1S/C13H22O2/c1-3-4-10-13(15-2)11-8-6-5-7-9-12-14/h3,13-14H,1,4-7,9-10,12H2,2H3. The van der Waals surface area contributed by atoms with E-state index >= 15 is 0 Å². The molecule has 1 N–H and O–H groups in total. The van der Waals surface area contributed by atoms with Crippen LogP contribution >= 0.6 is 0 Å². The molecule has 0 aromatic heterocycles. The normalized spacial score (nSPS) is 11.6. The molecule has 0 spiro atoms. The minimum Gasteiger partial charge on any atom is -0.396 e. The molecule has 0 saturated heterocycles. The first-order valence-corrected chi connectivity index (χ1v) is 5.58. The fourth-order valence-corrected chi connectivity index (χ4v) is 1.21. The van der Waals surface area contributed by atoms with E-state index in [2.05, 4.69) is 18.4 Å². The minimum atomic E-state index is 0.0424. The topological polar surface area (TPSA) is 29.5 Å². The summed E-state index contributed by atoms with van der Waals surface area (Å²) in [6.07, 6.45) is 7.68. The minimum absolute atomic E-state index is 0.0424. The predicted octanol–water partition coefficient (Wildman–Crippen LogP) is 2.52. The Morgan fingerprint density at radius 2 is 2.20 bits per heavy atom. The summed E-state index contributed by atoms with van der Waals surface area (Å²) in [5.41, 5.74) is 0. The maximum Gasteiger partial charge on any atom is 0.118 e. The van der Waals surface area contributed by atoms with Gasteiger partial charge in [0.05, 0.1) is 0 Å². The number of hydrogen-bond acceptors (Lipinski definition) is 2. The van der Waals surface area contributed by atoms with Crippen molar-refractivity contribution in [2.45, 2.75) is 44.6 Å². The number of aliphatic hydroxyl groups excluding tert-OH is 1. The highest BCUT2D eigenvalue weighted by Gasteiger charge is 1.99. The number of hydrogen-bond donors (Lipinski definition) is 1. The largest absolute Gasteiger partial charge is 0.396 e. The van der Waals surface area contributed by atoms with Crippen LogP contribution in [0.5, 0.6) is 0 Å². The molecular weight excluding hydrogens is 188 g/mol. The molecule has 2 nitrogen and oxygen atoms in total. The van der Waals surface area contributed by atoms with Crippen LogP contribution in [0.3, 0.4) is 0 Å². The van der Waals surface area contributed by atoms with Crippen molar-refractivity contribution in [1.29, 1.82) is 0 Å². The number of allylic oxidation sites excluding steroid dienone is 1. The van der Waals surface area contributed by atoms with Crippen molar-refractivity contribution >= 4 is 0 Å². The number of unbranched alkanes of at least 4 members (excludes halogenated alkanes) is 3. The van der Waals surface area contributed by atoms with E-state index in [-0.39, 0.29) is 12.7 Å². The van der Waals surface area contributed by atoms with Crippen LogP contribution in [0.1, 0.15) is 38.5 Å². The fourth-order valence-electron chi connectivity index (χ4n) is 1.21. The lowest BCUT2D eigenvalue weighted by atomic mass is 10.1. The van der Waals surface area contributed by atoms with Gasteiger partial charge in [-0.15, -0.1) is 12.5 Å². The Bertz CT molecular complexity index is 200. The monoisotopic (exact) mass is 210 g/mol. The zero-order valence-electron chi connectivity index (χ0n) is 9.67. The molecule has 0 aliphatic heterocycles. The molecule has 0 amide bonds. The van der Waals surface area contributed by atoms with Gasteiger partial charge in [-0.25, -0.2) is 0 Å². The maximum atomic E-state index is 8.58. The molecular formula is C13H22O2. The molecule has 0 aliphatic carbocycles. The lowest BCUT2D eigenvalue weighted by Crippen LogP contribution is -2.06. The van der Waals surface area contributed by atoms with Crippen LogP contribution in [-0.4, -0.2) is 24.9 Å². The van der Waals surface area contributed by atoms with Gasteiger partial charge >= 0.3 is 0 Å². The smallest absolute Gasteiger partial charge is 0.118 e. The third kappa shape index (κ3) is 9.52. The molecule has 15 heavy (non-hydrogen) atoms. The number of methoxy groups -OCH3 is 1. The first-order chi connectivity index (χ1) is 7.35. The molecule has 0 fully saturated rings. The average Bonchev–Trinajstić information content (AvgIpc) is 2.27. The van der Waals surface area contributed by atoms with E-state index in [1.54, 1.807) is 7.11 Å². The van der Waals surface area contributed by atoms with Gasteiger partial charge in [-0.05, 0) is 25.7 Å². The summed E-state index contributed by atoms with van der Waals surface area (Å²) in [5, 5.41) is 8.58. The third-order valence-corrected chi connectivity index (χ3v) is 2.14. The molecule has 1 unspecified atom stereocenters. The van der Waals surface area contributed by atoms with Crippen molar-refractivity contribution in [3.05, 3.63) is 12.7 Å². The first-order valence-electron chi connectivity index (χ1n) is 5.58. The summed E-state index contributed by atoms with van der Waals surface area (Å²) in [5.74, 6) is 6.21. The van der Waals surface area contributed by atoms with Crippen LogP contribution in [0.25, 0.3) is 0 Å². The van der Waals surface area contributed by atoms with E-state index in [9.17, 15) is 0 Å². The lowest BCUT2D eigenvalue weighted by Gasteiger charge is -2.05. The van der Waals surface area contributed by atoms with Gasteiger partial charge in [0.1, 0.15) is 6.10 Å². The fraction of sp³-hybridized carbons (Fsp3) is 0.692. The van der Waals surface area contributed by atoms with E-state index < -0.39 is 0 Å². The molecule has 0 radical (unpaired) electrons. The van der Waals surface area contributed by atoms with Gasteiger partial charge in [-0.3, -0.25) is 0 Å². The van der Waals surface area contributed by atoms with Gasteiger partial charge in [-0.1, -0.05) is 18.4 Å². The zero-order chi connectivity index (χ0) is 11.4. The maximum absolute atomic E-state index is 8.58. The van der Waals surface area contributed by atoms with Gasteiger partial charge < -0.3 is 9.84 Å². The molecule has 2 heteroatoms. The van der Waals surface area contributed by atoms with Crippen LogP contribution < -0.4 is 0 Å². The van der Waals surface area contributed by atoms with Crippen molar-refractivity contribution in [3.63, 3.8) is 0 Å². The quantitative estimate of drug-likeness (QED) is 0.379. The van der Waals surface area contributed by atoms with E-state index in [0.29, 0.717) is 0 Å². The van der Waals surface area contributed by atoms with Crippen molar-refractivity contribution < 1.29 is 9.84 Å². The van der Waals surface area contributed by atoms with Crippen LogP contribution in [0, 0.1) is 11.8 Å². The van der Waals surface area contributed by atoms with E-state index in [1.165, 1.54) is 0 Å². The highest BCUT2D eigenvalue weighted by Crippen LogP contribution is 2.01. The highest BCUT2D eigenvalue weighted by atomic mass is 16.5. The number of ether oxygens (including phenoxy) is 1.